The molecule has 34 heavy (non-hydrogen) atoms. The van der Waals surface area contributed by atoms with E-state index in [1.54, 1.807) is 7.11 Å². The van der Waals surface area contributed by atoms with Crippen LogP contribution in [-0.4, -0.2) is 110 Å². The van der Waals surface area contributed by atoms with E-state index in [0.29, 0.717) is 72.6 Å². The molecule has 1 aromatic carbocycles. The molecule has 0 radical (unpaired) electrons. The van der Waals surface area contributed by atoms with Gasteiger partial charge in [-0.1, -0.05) is 30.3 Å². The van der Waals surface area contributed by atoms with Crippen molar-refractivity contribution in [3.63, 3.8) is 0 Å². The topological polar surface area (TPSA) is 95.1 Å². The van der Waals surface area contributed by atoms with Crippen LogP contribution < -0.4 is 5.32 Å². The van der Waals surface area contributed by atoms with Gasteiger partial charge in [-0.25, -0.2) is 0 Å². The van der Waals surface area contributed by atoms with Crippen LogP contribution in [0.2, 0.25) is 0 Å². The fourth-order valence-electron chi connectivity index (χ4n) is 4.28. The summed E-state index contributed by atoms with van der Waals surface area (Å²) in [6, 6.07) is 9.71. The standard InChI is InChI=1S/C24H37NO9/c1-26-24-22-20(21-19(33-24)17-32-23(34-21)18-5-3-2-4-6-18)25-7-8-27-9-10-28-11-12-29-13-14-30-15-16-31-22/h2-6,19-25H,7-17H2,1H3. The molecular formula is C24H37NO9. The van der Waals surface area contributed by atoms with Crippen molar-refractivity contribution >= 4 is 0 Å². The van der Waals surface area contributed by atoms with E-state index in [1.165, 1.54) is 0 Å². The van der Waals surface area contributed by atoms with Crippen molar-refractivity contribution in [1.82, 2.24) is 5.32 Å². The molecule has 3 aliphatic heterocycles. The van der Waals surface area contributed by atoms with Crippen molar-refractivity contribution in [2.75, 3.05) is 79.7 Å². The Balaban J connectivity index is 1.43. The van der Waals surface area contributed by atoms with Crippen molar-refractivity contribution in [2.45, 2.75) is 36.9 Å². The van der Waals surface area contributed by atoms with Crippen LogP contribution in [0.4, 0.5) is 0 Å². The van der Waals surface area contributed by atoms with Gasteiger partial charge in [0, 0.05) is 19.2 Å². The highest BCUT2D eigenvalue weighted by atomic mass is 16.8. The molecule has 192 valence electrons. The zero-order chi connectivity index (χ0) is 23.4. The first-order valence-corrected chi connectivity index (χ1v) is 12.0. The first kappa shape index (κ1) is 25.9. The third-order valence-electron chi connectivity index (χ3n) is 5.93. The summed E-state index contributed by atoms with van der Waals surface area (Å²) in [5.41, 5.74) is 0.964. The van der Waals surface area contributed by atoms with Crippen LogP contribution in [0.25, 0.3) is 0 Å². The number of methoxy groups -OCH3 is 1. The molecule has 0 aromatic heterocycles. The van der Waals surface area contributed by atoms with Crippen molar-refractivity contribution in [1.29, 1.82) is 0 Å². The summed E-state index contributed by atoms with van der Waals surface area (Å²) in [6.07, 6.45) is -2.02. The van der Waals surface area contributed by atoms with E-state index >= 15 is 0 Å². The van der Waals surface area contributed by atoms with Crippen LogP contribution in [-0.2, 0) is 42.6 Å². The summed E-state index contributed by atoms with van der Waals surface area (Å²) in [4.78, 5) is 0. The Morgan fingerprint density at radius 3 is 2.06 bits per heavy atom. The Labute approximate surface area is 201 Å². The highest BCUT2D eigenvalue weighted by molar-refractivity contribution is 5.16. The second-order valence-electron chi connectivity index (χ2n) is 8.22. The van der Waals surface area contributed by atoms with E-state index < -0.39 is 18.7 Å². The average molecular weight is 484 g/mol. The largest absolute Gasteiger partial charge is 0.378 e. The van der Waals surface area contributed by atoms with Gasteiger partial charge in [0.05, 0.1) is 72.1 Å². The van der Waals surface area contributed by atoms with Gasteiger partial charge in [-0.05, 0) is 0 Å². The molecule has 6 unspecified atom stereocenters. The first-order valence-electron chi connectivity index (χ1n) is 12.0. The summed E-state index contributed by atoms with van der Waals surface area (Å²) < 4.78 is 52.8. The normalized spacial score (nSPS) is 35.3. The van der Waals surface area contributed by atoms with Crippen molar-refractivity contribution in [2.24, 2.45) is 0 Å². The minimum Gasteiger partial charge on any atom is -0.378 e. The molecule has 3 aliphatic rings. The lowest BCUT2D eigenvalue weighted by Gasteiger charge is -2.49. The van der Waals surface area contributed by atoms with Crippen LogP contribution in [0.3, 0.4) is 0 Å². The van der Waals surface area contributed by atoms with Gasteiger partial charge in [0.25, 0.3) is 0 Å². The third-order valence-corrected chi connectivity index (χ3v) is 5.93. The zero-order valence-corrected chi connectivity index (χ0v) is 19.8. The number of nitrogens with one attached hydrogen (secondary N) is 1. The van der Waals surface area contributed by atoms with Gasteiger partial charge >= 0.3 is 0 Å². The lowest BCUT2D eigenvalue weighted by atomic mass is 9.94. The van der Waals surface area contributed by atoms with E-state index in [1.807, 2.05) is 30.3 Å². The molecule has 3 heterocycles. The lowest BCUT2D eigenvalue weighted by molar-refractivity contribution is -0.345. The molecule has 0 saturated carbocycles. The van der Waals surface area contributed by atoms with Gasteiger partial charge in [-0.15, -0.1) is 0 Å². The average Bonchev–Trinajstić information content (AvgIpc) is 2.88. The minimum absolute atomic E-state index is 0.194. The third kappa shape index (κ3) is 7.41. The van der Waals surface area contributed by atoms with E-state index in [0.717, 1.165) is 5.56 Å². The number of fused-ring (bicyclic) bond motifs is 3. The SMILES string of the molecule is COC1OC2COC(c3ccccc3)OC2C2NCCOCCOCCOCCOCCOC12. The number of ether oxygens (including phenoxy) is 9. The van der Waals surface area contributed by atoms with Crippen LogP contribution in [0.15, 0.2) is 30.3 Å². The number of hydrogen-bond donors (Lipinski definition) is 1. The smallest absolute Gasteiger partial charge is 0.185 e. The quantitative estimate of drug-likeness (QED) is 0.654. The Bertz CT molecular complexity index is 682. The van der Waals surface area contributed by atoms with Crippen molar-refractivity contribution in [3.05, 3.63) is 35.9 Å². The first-order chi connectivity index (χ1) is 16.9. The summed E-state index contributed by atoms with van der Waals surface area (Å²) in [5.74, 6) is 0. The highest BCUT2D eigenvalue weighted by Gasteiger charge is 2.50. The molecule has 0 spiro atoms. The highest BCUT2D eigenvalue weighted by Crippen LogP contribution is 2.35. The van der Waals surface area contributed by atoms with E-state index in [-0.39, 0.29) is 18.2 Å². The van der Waals surface area contributed by atoms with E-state index in [4.69, 9.17) is 42.6 Å². The Hall–Kier alpha value is -1.18. The van der Waals surface area contributed by atoms with Gasteiger partial charge in [-0.2, -0.15) is 0 Å². The summed E-state index contributed by atoms with van der Waals surface area (Å²) >= 11 is 0. The van der Waals surface area contributed by atoms with Crippen LogP contribution in [0.1, 0.15) is 11.9 Å². The van der Waals surface area contributed by atoms with Gasteiger partial charge < -0.3 is 47.9 Å². The summed E-state index contributed by atoms with van der Waals surface area (Å²) in [5, 5.41) is 3.57. The maximum Gasteiger partial charge on any atom is 0.185 e. The van der Waals surface area contributed by atoms with Gasteiger partial charge in [0.1, 0.15) is 18.3 Å². The molecule has 1 N–H and O–H groups in total. The fraction of sp³-hybridized carbons (Fsp3) is 0.750. The monoisotopic (exact) mass is 483 g/mol. The van der Waals surface area contributed by atoms with Gasteiger partial charge in [0.15, 0.2) is 12.6 Å². The molecule has 0 bridgehead atoms. The predicted molar refractivity (Wildman–Crippen MR) is 120 cm³/mol. The predicted octanol–water partition coefficient (Wildman–Crippen LogP) is 0.895. The van der Waals surface area contributed by atoms with E-state index in [2.05, 4.69) is 5.32 Å². The molecule has 6 atom stereocenters. The molecule has 3 saturated heterocycles. The molecule has 0 aliphatic carbocycles. The minimum atomic E-state index is -0.567. The molecule has 0 amide bonds. The molecule has 3 fully saturated rings. The Morgan fingerprint density at radius 1 is 0.735 bits per heavy atom. The fourth-order valence-corrected chi connectivity index (χ4v) is 4.28. The molecule has 1 aromatic rings. The van der Waals surface area contributed by atoms with Gasteiger partial charge in [-0.3, -0.25) is 0 Å². The van der Waals surface area contributed by atoms with Gasteiger partial charge in [0.2, 0.25) is 0 Å². The Morgan fingerprint density at radius 2 is 1.38 bits per heavy atom. The Kier molecular flexibility index (Phi) is 11.0. The van der Waals surface area contributed by atoms with Crippen molar-refractivity contribution in [3.8, 4) is 0 Å². The second kappa shape index (κ2) is 14.4. The summed E-state index contributed by atoms with van der Waals surface area (Å²) in [6.45, 7) is 5.49. The second-order valence-corrected chi connectivity index (χ2v) is 8.22. The van der Waals surface area contributed by atoms with Crippen LogP contribution in [0.5, 0.6) is 0 Å². The van der Waals surface area contributed by atoms with Crippen molar-refractivity contribution < 1.29 is 42.6 Å². The van der Waals surface area contributed by atoms with Crippen LogP contribution >= 0.6 is 0 Å². The summed E-state index contributed by atoms with van der Waals surface area (Å²) in [7, 11) is 1.62. The van der Waals surface area contributed by atoms with E-state index in [9.17, 15) is 0 Å². The molecule has 10 nitrogen and oxygen atoms in total. The number of benzene rings is 1. The molecule has 10 heteroatoms. The lowest BCUT2D eigenvalue weighted by Crippen LogP contribution is -2.67. The maximum absolute atomic E-state index is 6.42. The number of hydrogen-bond acceptors (Lipinski definition) is 10. The maximum atomic E-state index is 6.42. The van der Waals surface area contributed by atoms with Crippen LogP contribution in [0, 0.1) is 0 Å². The molecule has 4 rings (SSSR count). The zero-order valence-electron chi connectivity index (χ0n) is 19.8. The molecular weight excluding hydrogens is 446 g/mol. The number of rotatable bonds is 2.